The molecule has 0 aromatic heterocycles. The number of benzene rings is 2. The zero-order valence-electron chi connectivity index (χ0n) is 14.8. The van der Waals surface area contributed by atoms with Crippen LogP contribution in [0.1, 0.15) is 30.5 Å². The SMILES string of the molecule is CC(=O)N[C@H](CC(=O)OCC(=O)Nc1ccc(C#N)cc1)c1ccccc1. The van der Waals surface area contributed by atoms with E-state index in [9.17, 15) is 14.4 Å². The van der Waals surface area contributed by atoms with Gasteiger partial charge in [-0.3, -0.25) is 14.4 Å². The normalized spacial score (nSPS) is 11.0. The van der Waals surface area contributed by atoms with Crippen LogP contribution in [-0.2, 0) is 19.1 Å². The highest BCUT2D eigenvalue weighted by molar-refractivity contribution is 5.92. The Morgan fingerprint density at radius 2 is 1.74 bits per heavy atom. The molecule has 0 radical (unpaired) electrons. The molecule has 0 aliphatic heterocycles. The van der Waals surface area contributed by atoms with E-state index in [1.165, 1.54) is 6.92 Å². The van der Waals surface area contributed by atoms with E-state index in [1.807, 2.05) is 12.1 Å². The average Bonchev–Trinajstić information content (AvgIpc) is 2.67. The van der Waals surface area contributed by atoms with E-state index < -0.39 is 24.5 Å². The fraction of sp³-hybridized carbons (Fsp3) is 0.200. The summed E-state index contributed by atoms with van der Waals surface area (Å²) in [7, 11) is 0. The van der Waals surface area contributed by atoms with E-state index in [2.05, 4.69) is 10.6 Å². The highest BCUT2D eigenvalue weighted by Crippen LogP contribution is 2.17. The summed E-state index contributed by atoms with van der Waals surface area (Å²) < 4.78 is 5.00. The van der Waals surface area contributed by atoms with Crippen LogP contribution in [0, 0.1) is 11.3 Å². The second-order valence-corrected chi connectivity index (χ2v) is 5.77. The first-order valence-corrected chi connectivity index (χ1v) is 8.25. The molecule has 0 fully saturated rings. The number of anilines is 1. The molecule has 0 heterocycles. The van der Waals surface area contributed by atoms with Crippen LogP contribution < -0.4 is 10.6 Å². The Labute approximate surface area is 156 Å². The number of nitrogens with one attached hydrogen (secondary N) is 2. The van der Waals surface area contributed by atoms with Crippen LogP contribution >= 0.6 is 0 Å². The molecule has 1 atom stereocenters. The van der Waals surface area contributed by atoms with Gasteiger partial charge in [-0.2, -0.15) is 5.26 Å². The van der Waals surface area contributed by atoms with Crippen molar-refractivity contribution in [2.45, 2.75) is 19.4 Å². The first-order valence-electron chi connectivity index (χ1n) is 8.25. The van der Waals surface area contributed by atoms with Gasteiger partial charge in [0.05, 0.1) is 24.1 Å². The molecular weight excluding hydrogens is 346 g/mol. The maximum Gasteiger partial charge on any atom is 0.308 e. The van der Waals surface area contributed by atoms with E-state index in [-0.39, 0.29) is 12.3 Å². The molecule has 0 aliphatic rings. The topological polar surface area (TPSA) is 108 Å². The van der Waals surface area contributed by atoms with Crippen LogP contribution in [0.3, 0.4) is 0 Å². The monoisotopic (exact) mass is 365 g/mol. The highest BCUT2D eigenvalue weighted by Gasteiger charge is 2.18. The highest BCUT2D eigenvalue weighted by atomic mass is 16.5. The van der Waals surface area contributed by atoms with Crippen molar-refractivity contribution in [1.82, 2.24) is 5.32 Å². The zero-order valence-corrected chi connectivity index (χ0v) is 14.8. The minimum atomic E-state index is -0.604. The van der Waals surface area contributed by atoms with Gasteiger partial charge in [0.2, 0.25) is 5.91 Å². The van der Waals surface area contributed by atoms with Crippen molar-refractivity contribution in [3.63, 3.8) is 0 Å². The number of amides is 2. The van der Waals surface area contributed by atoms with Gasteiger partial charge in [-0.05, 0) is 29.8 Å². The maximum absolute atomic E-state index is 12.1. The molecule has 2 aromatic rings. The standard InChI is InChI=1S/C20H19N3O4/c1-14(24)22-18(16-5-3-2-4-6-16)11-20(26)27-13-19(25)23-17-9-7-15(12-21)8-10-17/h2-10,18H,11,13H2,1H3,(H,22,24)(H,23,25)/t18-/m1/s1. The number of ether oxygens (including phenoxy) is 1. The molecular formula is C20H19N3O4. The van der Waals surface area contributed by atoms with Crippen LogP contribution in [-0.4, -0.2) is 24.4 Å². The molecule has 0 bridgehead atoms. The number of nitrogens with zero attached hydrogens (tertiary/aromatic N) is 1. The van der Waals surface area contributed by atoms with Gasteiger partial charge in [0.25, 0.3) is 5.91 Å². The largest absolute Gasteiger partial charge is 0.455 e. The smallest absolute Gasteiger partial charge is 0.308 e. The number of hydrogen-bond donors (Lipinski definition) is 2. The molecule has 0 saturated heterocycles. The first-order chi connectivity index (χ1) is 13.0. The van der Waals surface area contributed by atoms with Gasteiger partial charge in [0, 0.05) is 12.6 Å². The van der Waals surface area contributed by atoms with Crippen LogP contribution in [0.15, 0.2) is 54.6 Å². The third-order valence-corrected chi connectivity index (χ3v) is 3.61. The average molecular weight is 365 g/mol. The lowest BCUT2D eigenvalue weighted by atomic mass is 10.0. The first kappa shape index (κ1) is 19.7. The van der Waals surface area contributed by atoms with E-state index in [0.717, 1.165) is 5.56 Å². The van der Waals surface area contributed by atoms with Crippen molar-refractivity contribution in [2.75, 3.05) is 11.9 Å². The molecule has 27 heavy (non-hydrogen) atoms. The predicted octanol–water partition coefficient (Wildman–Crippen LogP) is 2.31. The Morgan fingerprint density at radius 3 is 2.33 bits per heavy atom. The lowest BCUT2D eigenvalue weighted by Gasteiger charge is -2.17. The van der Waals surface area contributed by atoms with Crippen molar-refractivity contribution in [3.05, 3.63) is 65.7 Å². The Kier molecular flexibility index (Phi) is 7.08. The lowest BCUT2D eigenvalue weighted by molar-refractivity contribution is -0.148. The third-order valence-electron chi connectivity index (χ3n) is 3.61. The minimum Gasteiger partial charge on any atom is -0.455 e. The molecule has 0 unspecified atom stereocenters. The van der Waals surface area contributed by atoms with E-state index in [1.54, 1.807) is 48.5 Å². The summed E-state index contributed by atoms with van der Waals surface area (Å²) >= 11 is 0. The zero-order chi connectivity index (χ0) is 19.6. The van der Waals surface area contributed by atoms with Crippen molar-refractivity contribution in [3.8, 4) is 6.07 Å². The summed E-state index contributed by atoms with van der Waals surface area (Å²) in [5.41, 5.74) is 1.74. The van der Waals surface area contributed by atoms with Gasteiger partial charge >= 0.3 is 5.97 Å². The number of carbonyl (C=O) groups is 3. The van der Waals surface area contributed by atoms with Crippen molar-refractivity contribution >= 4 is 23.5 Å². The number of carbonyl (C=O) groups excluding carboxylic acids is 3. The maximum atomic E-state index is 12.1. The van der Waals surface area contributed by atoms with Crippen LogP contribution in [0.2, 0.25) is 0 Å². The second-order valence-electron chi connectivity index (χ2n) is 5.77. The van der Waals surface area contributed by atoms with Crippen molar-refractivity contribution in [1.29, 1.82) is 5.26 Å². The molecule has 0 spiro atoms. The molecule has 7 heteroatoms. The Hall–Kier alpha value is -3.66. The van der Waals surface area contributed by atoms with Gasteiger partial charge in [0.15, 0.2) is 6.61 Å². The van der Waals surface area contributed by atoms with Crippen molar-refractivity contribution in [2.24, 2.45) is 0 Å². The summed E-state index contributed by atoms with van der Waals surface area (Å²) in [4.78, 5) is 35.3. The summed E-state index contributed by atoms with van der Waals surface area (Å²) in [6.45, 7) is 0.923. The number of hydrogen-bond acceptors (Lipinski definition) is 5. The van der Waals surface area contributed by atoms with Gasteiger partial charge in [-0.1, -0.05) is 30.3 Å². The Morgan fingerprint density at radius 1 is 1.07 bits per heavy atom. The van der Waals surface area contributed by atoms with Gasteiger partial charge < -0.3 is 15.4 Å². The van der Waals surface area contributed by atoms with Gasteiger partial charge in [0.1, 0.15) is 0 Å². The Balaban J connectivity index is 1.86. The number of esters is 1. The molecule has 2 aromatic carbocycles. The molecule has 2 N–H and O–H groups in total. The van der Waals surface area contributed by atoms with E-state index in [0.29, 0.717) is 11.3 Å². The summed E-state index contributed by atoms with van der Waals surface area (Å²) in [5.74, 6) is -1.37. The summed E-state index contributed by atoms with van der Waals surface area (Å²) in [5, 5.41) is 14.0. The molecule has 0 aliphatic carbocycles. The molecule has 2 amide bonds. The fourth-order valence-corrected chi connectivity index (χ4v) is 2.38. The van der Waals surface area contributed by atoms with E-state index >= 15 is 0 Å². The minimum absolute atomic E-state index is 0.0895. The van der Waals surface area contributed by atoms with Crippen LogP contribution in [0.5, 0.6) is 0 Å². The lowest BCUT2D eigenvalue weighted by Crippen LogP contribution is -2.29. The third kappa shape index (κ3) is 6.63. The second kappa shape index (κ2) is 9.73. The van der Waals surface area contributed by atoms with E-state index in [4.69, 9.17) is 10.00 Å². The van der Waals surface area contributed by atoms with Crippen LogP contribution in [0.4, 0.5) is 5.69 Å². The number of nitriles is 1. The quantitative estimate of drug-likeness (QED) is 0.732. The Bertz CT molecular complexity index is 842. The molecule has 138 valence electrons. The molecule has 7 nitrogen and oxygen atoms in total. The van der Waals surface area contributed by atoms with Gasteiger partial charge in [-0.25, -0.2) is 0 Å². The van der Waals surface area contributed by atoms with Crippen LogP contribution in [0.25, 0.3) is 0 Å². The summed E-state index contributed by atoms with van der Waals surface area (Å²) in [6, 6.07) is 16.8. The van der Waals surface area contributed by atoms with Gasteiger partial charge in [-0.15, -0.1) is 0 Å². The fourth-order valence-electron chi connectivity index (χ4n) is 2.38. The predicted molar refractivity (Wildman–Crippen MR) is 98.4 cm³/mol. The number of rotatable bonds is 7. The van der Waals surface area contributed by atoms with Crippen molar-refractivity contribution < 1.29 is 19.1 Å². The summed E-state index contributed by atoms with van der Waals surface area (Å²) in [6.07, 6.45) is -0.0895. The molecule has 0 saturated carbocycles. The molecule has 2 rings (SSSR count).